The van der Waals surface area contributed by atoms with Gasteiger partial charge < -0.3 is 14.8 Å². The maximum Gasteiger partial charge on any atom is 0.256 e. The summed E-state index contributed by atoms with van der Waals surface area (Å²) in [4.78, 5) is 17.0. The number of nitrogens with one attached hydrogen (secondary N) is 1. The molecular formula is C24H24N4O3. The van der Waals surface area contributed by atoms with E-state index < -0.39 is 0 Å². The Morgan fingerprint density at radius 1 is 0.968 bits per heavy atom. The van der Waals surface area contributed by atoms with Crippen LogP contribution in [-0.2, 0) is 5.41 Å². The highest BCUT2D eigenvalue weighted by molar-refractivity contribution is 6.03. The van der Waals surface area contributed by atoms with Gasteiger partial charge in [-0.2, -0.15) is 0 Å². The number of nitrogens with zero attached hydrogens (tertiary/aromatic N) is 3. The van der Waals surface area contributed by atoms with Gasteiger partial charge in [-0.15, -0.1) is 5.10 Å². The lowest BCUT2D eigenvalue weighted by Crippen LogP contribution is -2.14. The first-order valence-electron chi connectivity index (χ1n) is 9.93. The van der Waals surface area contributed by atoms with Gasteiger partial charge in [0.15, 0.2) is 23.0 Å². The number of aromatic nitrogens is 3. The van der Waals surface area contributed by atoms with Crippen molar-refractivity contribution in [2.75, 3.05) is 12.4 Å². The molecule has 0 saturated carbocycles. The minimum Gasteiger partial charge on any atom is -0.493 e. The first kappa shape index (κ1) is 20.4. The van der Waals surface area contributed by atoms with E-state index in [1.54, 1.807) is 36.0 Å². The van der Waals surface area contributed by atoms with Gasteiger partial charge in [0.25, 0.3) is 5.91 Å². The number of benzene rings is 2. The zero-order valence-corrected chi connectivity index (χ0v) is 17.9. The minimum absolute atomic E-state index is 0.0336. The van der Waals surface area contributed by atoms with Crippen LogP contribution in [0.25, 0.3) is 5.65 Å². The fraction of sp³-hybridized carbons (Fsp3) is 0.208. The van der Waals surface area contributed by atoms with Gasteiger partial charge in [-0.25, -0.2) is 9.50 Å². The van der Waals surface area contributed by atoms with Crippen LogP contribution in [0.4, 0.5) is 5.82 Å². The number of rotatable bonds is 5. The molecule has 0 aliphatic heterocycles. The number of carbonyl (C=O) groups is 1. The molecule has 0 fully saturated rings. The van der Waals surface area contributed by atoms with Crippen LogP contribution >= 0.6 is 0 Å². The van der Waals surface area contributed by atoms with Gasteiger partial charge in [0, 0.05) is 11.6 Å². The molecular weight excluding hydrogens is 392 g/mol. The number of fused-ring (bicyclic) bond motifs is 1. The number of hydrogen-bond acceptors (Lipinski definition) is 5. The van der Waals surface area contributed by atoms with Gasteiger partial charge in [-0.05, 0) is 41.3 Å². The molecule has 0 unspecified atom stereocenters. The fourth-order valence-corrected chi connectivity index (χ4v) is 3.11. The number of carbonyl (C=O) groups excluding carboxylic acids is 1. The number of imidazole rings is 1. The highest BCUT2D eigenvalue weighted by atomic mass is 16.5. The number of anilines is 1. The second-order valence-electron chi connectivity index (χ2n) is 8.13. The number of amides is 1. The summed E-state index contributed by atoms with van der Waals surface area (Å²) in [7, 11) is 1.58. The Morgan fingerprint density at radius 2 is 1.68 bits per heavy atom. The molecule has 0 atom stereocenters. The Bertz CT molecular complexity index is 1220. The van der Waals surface area contributed by atoms with Crippen molar-refractivity contribution in [3.63, 3.8) is 0 Å². The summed E-state index contributed by atoms with van der Waals surface area (Å²) in [5.74, 6) is 1.73. The van der Waals surface area contributed by atoms with Crippen LogP contribution in [0.1, 0.15) is 36.7 Å². The van der Waals surface area contributed by atoms with E-state index in [-0.39, 0.29) is 11.3 Å². The molecule has 7 heteroatoms. The van der Waals surface area contributed by atoms with Crippen LogP contribution < -0.4 is 14.8 Å². The SMILES string of the molecule is COc1ccccc1Oc1ccc2nc(NC(=O)c3ccc(C(C)(C)C)cc3)cn2n1. The summed E-state index contributed by atoms with van der Waals surface area (Å²) in [5.41, 5.74) is 2.36. The summed E-state index contributed by atoms with van der Waals surface area (Å²) < 4.78 is 12.7. The maximum absolute atomic E-state index is 12.6. The third-order valence-corrected chi connectivity index (χ3v) is 4.83. The summed E-state index contributed by atoms with van der Waals surface area (Å²) in [5, 5.41) is 7.23. The van der Waals surface area contributed by atoms with E-state index >= 15 is 0 Å². The van der Waals surface area contributed by atoms with Crippen LogP contribution in [0.2, 0.25) is 0 Å². The summed E-state index contributed by atoms with van der Waals surface area (Å²) in [6.07, 6.45) is 1.64. The van der Waals surface area contributed by atoms with Gasteiger partial charge >= 0.3 is 0 Å². The highest BCUT2D eigenvalue weighted by Crippen LogP contribution is 2.30. The lowest BCUT2D eigenvalue weighted by molar-refractivity contribution is 0.102. The largest absolute Gasteiger partial charge is 0.493 e. The molecule has 0 spiro atoms. The number of para-hydroxylation sites is 2. The van der Waals surface area contributed by atoms with Crippen molar-refractivity contribution in [1.82, 2.24) is 14.6 Å². The minimum atomic E-state index is -0.227. The molecule has 2 aromatic carbocycles. The Hall–Kier alpha value is -3.87. The van der Waals surface area contributed by atoms with Gasteiger partial charge in [-0.1, -0.05) is 45.0 Å². The van der Waals surface area contributed by atoms with Crippen LogP contribution in [0.15, 0.2) is 66.9 Å². The molecule has 158 valence electrons. The average molecular weight is 416 g/mol. The predicted octanol–water partition coefficient (Wildman–Crippen LogP) is 5.08. The van der Waals surface area contributed by atoms with Crippen molar-refractivity contribution in [2.24, 2.45) is 0 Å². The van der Waals surface area contributed by atoms with E-state index in [0.717, 1.165) is 0 Å². The second-order valence-corrected chi connectivity index (χ2v) is 8.13. The van der Waals surface area contributed by atoms with E-state index in [0.29, 0.717) is 34.4 Å². The van der Waals surface area contributed by atoms with Crippen molar-refractivity contribution in [3.05, 3.63) is 78.0 Å². The molecule has 1 amide bonds. The van der Waals surface area contributed by atoms with Gasteiger partial charge in [0.1, 0.15) is 0 Å². The smallest absolute Gasteiger partial charge is 0.256 e. The fourth-order valence-electron chi connectivity index (χ4n) is 3.11. The Labute approximate surface area is 180 Å². The topological polar surface area (TPSA) is 77.8 Å². The summed E-state index contributed by atoms with van der Waals surface area (Å²) in [6, 6.07) is 18.4. The molecule has 0 aliphatic carbocycles. The summed E-state index contributed by atoms with van der Waals surface area (Å²) >= 11 is 0. The van der Waals surface area contributed by atoms with E-state index in [1.165, 1.54) is 5.56 Å². The first-order valence-corrected chi connectivity index (χ1v) is 9.93. The molecule has 4 rings (SSSR count). The van der Waals surface area contributed by atoms with E-state index in [2.05, 4.69) is 36.2 Å². The maximum atomic E-state index is 12.6. The van der Waals surface area contributed by atoms with Crippen LogP contribution in [-0.4, -0.2) is 27.6 Å². The molecule has 2 aromatic heterocycles. The standard InChI is InChI=1S/C24H24N4O3/c1-24(2,3)17-11-9-16(10-12-17)23(29)26-20-15-28-21(25-20)13-14-22(27-28)31-19-8-6-5-7-18(19)30-4/h5-15H,1-4H3,(H,26,29). The number of hydrogen-bond donors (Lipinski definition) is 1. The van der Waals surface area contributed by atoms with E-state index in [4.69, 9.17) is 9.47 Å². The Morgan fingerprint density at radius 3 is 2.35 bits per heavy atom. The highest BCUT2D eigenvalue weighted by Gasteiger charge is 2.15. The number of ether oxygens (including phenoxy) is 2. The molecule has 0 aliphatic rings. The molecule has 2 heterocycles. The predicted molar refractivity (Wildman–Crippen MR) is 119 cm³/mol. The van der Waals surface area contributed by atoms with Gasteiger partial charge in [0.2, 0.25) is 5.88 Å². The van der Waals surface area contributed by atoms with Crippen molar-refractivity contribution in [2.45, 2.75) is 26.2 Å². The zero-order valence-electron chi connectivity index (χ0n) is 17.9. The molecule has 0 bridgehead atoms. The normalized spacial score (nSPS) is 11.4. The third kappa shape index (κ3) is 4.50. The van der Waals surface area contributed by atoms with Crippen LogP contribution in [0.5, 0.6) is 17.4 Å². The van der Waals surface area contributed by atoms with Crippen molar-refractivity contribution >= 4 is 17.4 Å². The number of methoxy groups -OCH3 is 1. The van der Waals surface area contributed by atoms with Crippen molar-refractivity contribution in [3.8, 4) is 17.4 Å². The van der Waals surface area contributed by atoms with E-state index in [1.807, 2.05) is 42.5 Å². The second kappa shape index (κ2) is 8.10. The Balaban J connectivity index is 1.51. The molecule has 4 aromatic rings. The van der Waals surface area contributed by atoms with Crippen molar-refractivity contribution < 1.29 is 14.3 Å². The molecule has 0 saturated heterocycles. The summed E-state index contributed by atoms with van der Waals surface area (Å²) in [6.45, 7) is 6.41. The Kier molecular flexibility index (Phi) is 5.33. The molecule has 0 radical (unpaired) electrons. The first-order chi connectivity index (χ1) is 14.8. The molecule has 1 N–H and O–H groups in total. The monoisotopic (exact) mass is 416 g/mol. The van der Waals surface area contributed by atoms with E-state index in [9.17, 15) is 4.79 Å². The van der Waals surface area contributed by atoms with Crippen molar-refractivity contribution in [1.29, 1.82) is 0 Å². The zero-order chi connectivity index (χ0) is 22.0. The molecule has 31 heavy (non-hydrogen) atoms. The third-order valence-electron chi connectivity index (χ3n) is 4.83. The quantitative estimate of drug-likeness (QED) is 0.491. The van der Waals surface area contributed by atoms with Gasteiger partial charge in [-0.3, -0.25) is 4.79 Å². The average Bonchev–Trinajstić information content (AvgIpc) is 3.15. The lowest BCUT2D eigenvalue weighted by Gasteiger charge is -2.18. The molecule has 7 nitrogen and oxygen atoms in total. The van der Waals surface area contributed by atoms with Crippen LogP contribution in [0, 0.1) is 0 Å². The lowest BCUT2D eigenvalue weighted by atomic mass is 9.87. The van der Waals surface area contributed by atoms with Gasteiger partial charge in [0.05, 0.1) is 13.3 Å². The van der Waals surface area contributed by atoms with Crippen LogP contribution in [0.3, 0.4) is 0 Å².